The molecule has 3 N–H and O–H groups in total. The van der Waals surface area contributed by atoms with Crippen LogP contribution in [-0.2, 0) is 0 Å². The molecule has 0 bridgehead atoms. The fraction of sp³-hybridized carbons (Fsp3) is 0.111. The zero-order valence-corrected chi connectivity index (χ0v) is 8.43. The number of primary amides is 1. The minimum atomic E-state index is -0.842. The van der Waals surface area contributed by atoms with E-state index in [1.165, 1.54) is 11.8 Å². The third-order valence-corrected chi connectivity index (χ3v) is 2.38. The van der Waals surface area contributed by atoms with Gasteiger partial charge in [0.25, 0.3) is 5.91 Å². The van der Waals surface area contributed by atoms with Crippen molar-refractivity contribution in [3.63, 3.8) is 0 Å². The summed E-state index contributed by atoms with van der Waals surface area (Å²) >= 11 is 1.44. The van der Waals surface area contributed by atoms with E-state index in [0.29, 0.717) is 5.56 Å². The highest BCUT2D eigenvalue weighted by atomic mass is 32.2. The normalized spacial score (nSPS) is 9.50. The summed E-state index contributed by atoms with van der Waals surface area (Å²) in [6, 6.07) is 6.17. The average Bonchev–Trinajstić information content (AvgIpc) is 2.16. The Morgan fingerprint density at radius 2 is 2.00 bits per heavy atom. The van der Waals surface area contributed by atoms with Gasteiger partial charge in [-0.15, -0.1) is 11.8 Å². The van der Waals surface area contributed by atoms with E-state index in [2.05, 4.69) is 0 Å². The zero-order chi connectivity index (χ0) is 10.6. The summed E-state index contributed by atoms with van der Waals surface area (Å²) in [7, 11) is 0. The molecule has 0 atom stereocenters. The lowest BCUT2D eigenvalue weighted by molar-refractivity contribution is 0.0963. The van der Waals surface area contributed by atoms with Crippen LogP contribution in [-0.4, -0.2) is 18.2 Å². The van der Waals surface area contributed by atoms with E-state index in [0.717, 1.165) is 4.90 Å². The molecule has 4 nitrogen and oxygen atoms in total. The lowest BCUT2D eigenvalue weighted by atomic mass is 10.2. The maximum atomic E-state index is 11.4. The molecule has 0 fully saturated rings. The van der Waals surface area contributed by atoms with E-state index in [1.54, 1.807) is 18.2 Å². The lowest BCUT2D eigenvalue weighted by Crippen LogP contribution is -2.35. The summed E-state index contributed by atoms with van der Waals surface area (Å²) in [4.78, 5) is 22.7. The van der Waals surface area contributed by atoms with Crippen molar-refractivity contribution in [3.05, 3.63) is 29.8 Å². The molecule has 74 valence electrons. The maximum absolute atomic E-state index is 11.4. The molecule has 0 saturated heterocycles. The summed E-state index contributed by atoms with van der Waals surface area (Å²) in [6.45, 7) is 0. The summed E-state index contributed by atoms with van der Waals surface area (Å²) < 4.78 is 0. The second-order valence-electron chi connectivity index (χ2n) is 2.52. The van der Waals surface area contributed by atoms with Crippen molar-refractivity contribution in [2.24, 2.45) is 5.73 Å². The molecule has 5 heteroatoms. The van der Waals surface area contributed by atoms with Crippen LogP contribution in [0.4, 0.5) is 4.79 Å². The molecule has 0 aromatic heterocycles. The Balaban J connectivity index is 2.94. The molecular formula is C9H10N2O2S. The number of hydrogen-bond acceptors (Lipinski definition) is 3. The van der Waals surface area contributed by atoms with Crippen LogP contribution in [0.5, 0.6) is 0 Å². The van der Waals surface area contributed by atoms with Gasteiger partial charge in [0.2, 0.25) is 0 Å². The van der Waals surface area contributed by atoms with Gasteiger partial charge < -0.3 is 5.73 Å². The molecule has 1 rings (SSSR count). The van der Waals surface area contributed by atoms with Crippen molar-refractivity contribution in [2.45, 2.75) is 4.90 Å². The third-order valence-electron chi connectivity index (χ3n) is 1.59. The number of nitrogens with two attached hydrogens (primary N) is 1. The summed E-state index contributed by atoms with van der Waals surface area (Å²) in [5, 5.41) is 2.02. The van der Waals surface area contributed by atoms with Crippen molar-refractivity contribution >= 4 is 23.7 Å². The first kappa shape index (κ1) is 10.6. The van der Waals surface area contributed by atoms with Crippen molar-refractivity contribution in [2.75, 3.05) is 6.26 Å². The number of thioether (sulfide) groups is 1. The van der Waals surface area contributed by atoms with Gasteiger partial charge in [-0.1, -0.05) is 12.1 Å². The highest BCUT2D eigenvalue weighted by Crippen LogP contribution is 2.19. The van der Waals surface area contributed by atoms with Crippen LogP contribution in [0.15, 0.2) is 29.2 Å². The summed E-state index contributed by atoms with van der Waals surface area (Å²) in [5.74, 6) is -0.470. The molecule has 0 unspecified atom stereocenters. The van der Waals surface area contributed by atoms with Gasteiger partial charge in [-0.05, 0) is 18.4 Å². The minimum Gasteiger partial charge on any atom is -0.351 e. The molecule has 14 heavy (non-hydrogen) atoms. The fourth-order valence-electron chi connectivity index (χ4n) is 1.01. The lowest BCUT2D eigenvalue weighted by Gasteiger charge is -2.05. The van der Waals surface area contributed by atoms with Crippen molar-refractivity contribution in [3.8, 4) is 0 Å². The Labute approximate surface area is 85.9 Å². The minimum absolute atomic E-state index is 0.457. The number of urea groups is 1. The molecule has 0 aliphatic carbocycles. The molecule has 0 saturated carbocycles. The zero-order valence-electron chi connectivity index (χ0n) is 7.61. The van der Waals surface area contributed by atoms with E-state index in [-0.39, 0.29) is 0 Å². The van der Waals surface area contributed by atoms with E-state index in [1.807, 2.05) is 17.6 Å². The molecule has 1 aromatic carbocycles. The number of benzene rings is 1. The predicted octanol–water partition coefficient (Wildman–Crippen LogP) is 1.22. The molecule has 1 aromatic rings. The van der Waals surface area contributed by atoms with E-state index in [9.17, 15) is 9.59 Å². The number of nitrogens with one attached hydrogen (secondary N) is 1. The van der Waals surface area contributed by atoms with Crippen LogP contribution in [0.2, 0.25) is 0 Å². The molecule has 0 heterocycles. The average molecular weight is 210 g/mol. The first-order chi connectivity index (χ1) is 6.65. The van der Waals surface area contributed by atoms with Crippen LogP contribution in [0.1, 0.15) is 10.4 Å². The van der Waals surface area contributed by atoms with Gasteiger partial charge in [-0.3, -0.25) is 10.1 Å². The van der Waals surface area contributed by atoms with Crippen molar-refractivity contribution < 1.29 is 9.59 Å². The highest BCUT2D eigenvalue weighted by Gasteiger charge is 2.11. The third kappa shape index (κ3) is 2.50. The first-order valence-corrected chi connectivity index (χ1v) is 5.11. The quantitative estimate of drug-likeness (QED) is 0.721. The van der Waals surface area contributed by atoms with Crippen LogP contribution in [0, 0.1) is 0 Å². The van der Waals surface area contributed by atoms with E-state index in [4.69, 9.17) is 5.73 Å². The SMILES string of the molecule is CSc1ccccc1C(=O)NC(N)=O. The van der Waals surface area contributed by atoms with Gasteiger partial charge in [-0.25, -0.2) is 4.79 Å². The van der Waals surface area contributed by atoms with Crippen LogP contribution in [0.25, 0.3) is 0 Å². The van der Waals surface area contributed by atoms with Gasteiger partial charge in [-0.2, -0.15) is 0 Å². The molecule has 0 aliphatic heterocycles. The van der Waals surface area contributed by atoms with E-state index < -0.39 is 11.9 Å². The van der Waals surface area contributed by atoms with Gasteiger partial charge in [0.05, 0.1) is 5.56 Å². The molecular weight excluding hydrogens is 200 g/mol. The standard InChI is InChI=1S/C9H10N2O2S/c1-14-7-5-3-2-4-6(7)8(12)11-9(10)13/h2-5H,1H3,(H3,10,11,12,13). The molecule has 0 radical (unpaired) electrons. The summed E-state index contributed by atoms with van der Waals surface area (Å²) in [6.07, 6.45) is 1.86. The van der Waals surface area contributed by atoms with Crippen LogP contribution in [0.3, 0.4) is 0 Å². The number of carbonyl (C=O) groups is 2. The maximum Gasteiger partial charge on any atom is 0.319 e. The van der Waals surface area contributed by atoms with Gasteiger partial charge in [0.15, 0.2) is 0 Å². The van der Waals surface area contributed by atoms with Crippen molar-refractivity contribution in [1.82, 2.24) is 5.32 Å². The second kappa shape index (κ2) is 4.66. The van der Waals surface area contributed by atoms with Crippen molar-refractivity contribution in [1.29, 1.82) is 0 Å². The topological polar surface area (TPSA) is 72.2 Å². The molecule has 0 spiro atoms. The second-order valence-corrected chi connectivity index (χ2v) is 3.37. The number of carbonyl (C=O) groups excluding carboxylic acids is 2. The Bertz CT molecular complexity index is 366. The van der Waals surface area contributed by atoms with Crippen LogP contribution >= 0.6 is 11.8 Å². The summed E-state index contributed by atoms with van der Waals surface area (Å²) in [5.41, 5.74) is 5.30. The van der Waals surface area contributed by atoms with E-state index >= 15 is 0 Å². The largest absolute Gasteiger partial charge is 0.351 e. The number of amides is 3. The Morgan fingerprint density at radius 3 is 2.57 bits per heavy atom. The first-order valence-electron chi connectivity index (χ1n) is 3.89. The van der Waals surface area contributed by atoms with Crippen LogP contribution < -0.4 is 11.1 Å². The molecule has 3 amide bonds. The highest BCUT2D eigenvalue weighted by molar-refractivity contribution is 7.98. The Kier molecular flexibility index (Phi) is 3.53. The number of imide groups is 1. The number of rotatable bonds is 2. The molecule has 0 aliphatic rings. The Morgan fingerprint density at radius 1 is 1.36 bits per heavy atom. The number of hydrogen-bond donors (Lipinski definition) is 2. The Hall–Kier alpha value is -1.49. The monoisotopic (exact) mass is 210 g/mol. The van der Waals surface area contributed by atoms with Gasteiger partial charge in [0, 0.05) is 4.90 Å². The predicted molar refractivity (Wildman–Crippen MR) is 55.3 cm³/mol. The van der Waals surface area contributed by atoms with Gasteiger partial charge in [0.1, 0.15) is 0 Å². The fourth-order valence-corrected chi connectivity index (χ4v) is 1.61. The smallest absolute Gasteiger partial charge is 0.319 e. The van der Waals surface area contributed by atoms with Gasteiger partial charge >= 0.3 is 6.03 Å².